The van der Waals surface area contributed by atoms with Crippen molar-refractivity contribution in [3.05, 3.63) is 59.9 Å². The highest BCUT2D eigenvalue weighted by molar-refractivity contribution is 5.96. The third kappa shape index (κ3) is 3.10. The fraction of sp³-hybridized carbons (Fsp3) is 0.200. The van der Waals surface area contributed by atoms with E-state index in [1.807, 2.05) is 6.92 Å². The third-order valence-electron chi connectivity index (χ3n) is 4.91. The summed E-state index contributed by atoms with van der Waals surface area (Å²) in [6.45, 7) is 2.15. The number of amides is 1. The van der Waals surface area contributed by atoms with Crippen molar-refractivity contribution in [1.29, 1.82) is 0 Å². The number of aromatic nitrogens is 4. The van der Waals surface area contributed by atoms with Crippen molar-refractivity contribution in [2.24, 2.45) is 0 Å². The van der Waals surface area contributed by atoms with Crippen LogP contribution in [0.15, 0.2) is 51.6 Å². The summed E-state index contributed by atoms with van der Waals surface area (Å²) in [6, 6.07) is 10.0. The van der Waals surface area contributed by atoms with Crippen molar-refractivity contribution >= 4 is 11.6 Å². The Balaban J connectivity index is 1.37. The molecule has 1 aromatic carbocycles. The van der Waals surface area contributed by atoms with Crippen molar-refractivity contribution < 1.29 is 18.1 Å². The number of nitrogens with one attached hydrogen (secondary N) is 1. The molecule has 1 amide bonds. The van der Waals surface area contributed by atoms with Crippen LogP contribution in [-0.2, 0) is 4.79 Å². The van der Waals surface area contributed by atoms with Gasteiger partial charge < -0.3 is 13.8 Å². The van der Waals surface area contributed by atoms with Crippen LogP contribution in [0, 0.1) is 12.7 Å². The quantitative estimate of drug-likeness (QED) is 0.567. The Kier molecular flexibility index (Phi) is 4.01. The van der Waals surface area contributed by atoms with Gasteiger partial charge in [-0.2, -0.15) is 10.1 Å². The molecule has 1 fully saturated rings. The molecule has 0 spiro atoms. The smallest absolute Gasteiger partial charge is 0.275 e. The number of H-pyrrole nitrogens is 1. The van der Waals surface area contributed by atoms with Crippen LogP contribution < -0.4 is 4.90 Å². The maximum atomic E-state index is 14.2. The average molecular weight is 393 g/mol. The number of aromatic amines is 1. The molecule has 1 unspecified atom stereocenters. The highest BCUT2D eigenvalue weighted by Crippen LogP contribution is 2.33. The lowest BCUT2D eigenvalue weighted by Crippen LogP contribution is -2.25. The number of halogens is 1. The Bertz CT molecular complexity index is 1180. The predicted octanol–water partition coefficient (Wildman–Crippen LogP) is 3.69. The summed E-state index contributed by atoms with van der Waals surface area (Å²) in [4.78, 5) is 18.3. The molecule has 4 aromatic rings. The summed E-state index contributed by atoms with van der Waals surface area (Å²) in [7, 11) is 0. The monoisotopic (exact) mass is 393 g/mol. The second kappa shape index (κ2) is 6.69. The Morgan fingerprint density at radius 3 is 3.00 bits per heavy atom. The number of carbonyl (C=O) groups excluding carboxylic acids is 1. The number of aryl methyl sites for hydroxylation is 1. The maximum absolute atomic E-state index is 14.2. The van der Waals surface area contributed by atoms with Crippen molar-refractivity contribution in [3.8, 4) is 23.0 Å². The van der Waals surface area contributed by atoms with Gasteiger partial charge in [-0.3, -0.25) is 9.89 Å². The molecule has 1 aliphatic heterocycles. The van der Waals surface area contributed by atoms with Gasteiger partial charge >= 0.3 is 0 Å². The number of hydrogen-bond donors (Lipinski definition) is 1. The minimum atomic E-state index is -0.429. The number of benzene rings is 1. The molecule has 0 radical (unpaired) electrons. The molecule has 0 saturated carbocycles. The van der Waals surface area contributed by atoms with Gasteiger partial charge in [-0.25, -0.2) is 4.39 Å². The van der Waals surface area contributed by atoms with Gasteiger partial charge in [-0.15, -0.1) is 0 Å². The molecule has 8 nitrogen and oxygen atoms in total. The third-order valence-corrected chi connectivity index (χ3v) is 4.91. The SMILES string of the molecule is Cc1ccc(F)c(N2CC(c3noc(-c4cc(-c5ccco5)n[nH]4)n3)CC2=O)c1. The van der Waals surface area contributed by atoms with Gasteiger partial charge in [0.15, 0.2) is 11.6 Å². The van der Waals surface area contributed by atoms with E-state index >= 15 is 0 Å². The second-order valence-corrected chi connectivity index (χ2v) is 6.96. The highest BCUT2D eigenvalue weighted by atomic mass is 19.1. The van der Waals surface area contributed by atoms with E-state index in [0.717, 1.165) is 5.56 Å². The molecule has 5 rings (SSSR count). The number of rotatable bonds is 4. The van der Waals surface area contributed by atoms with Crippen LogP contribution in [0.4, 0.5) is 10.1 Å². The van der Waals surface area contributed by atoms with E-state index in [9.17, 15) is 9.18 Å². The first kappa shape index (κ1) is 17.4. The summed E-state index contributed by atoms with van der Waals surface area (Å²) >= 11 is 0. The fourth-order valence-electron chi connectivity index (χ4n) is 3.43. The van der Waals surface area contributed by atoms with Crippen LogP contribution in [-0.4, -0.2) is 32.8 Å². The first-order valence-corrected chi connectivity index (χ1v) is 9.08. The van der Waals surface area contributed by atoms with Gasteiger partial charge in [0.25, 0.3) is 5.89 Å². The highest BCUT2D eigenvalue weighted by Gasteiger charge is 2.36. The van der Waals surface area contributed by atoms with Crippen molar-refractivity contribution in [2.75, 3.05) is 11.4 Å². The van der Waals surface area contributed by atoms with Crippen LogP contribution in [0.5, 0.6) is 0 Å². The second-order valence-electron chi connectivity index (χ2n) is 6.96. The van der Waals surface area contributed by atoms with E-state index in [2.05, 4.69) is 20.3 Å². The van der Waals surface area contributed by atoms with Gasteiger partial charge in [-0.1, -0.05) is 11.2 Å². The first-order chi connectivity index (χ1) is 14.1. The van der Waals surface area contributed by atoms with E-state index < -0.39 is 5.82 Å². The van der Waals surface area contributed by atoms with Gasteiger partial charge in [-0.05, 0) is 36.8 Å². The van der Waals surface area contributed by atoms with Crippen molar-refractivity contribution in [3.63, 3.8) is 0 Å². The van der Waals surface area contributed by atoms with Crippen molar-refractivity contribution in [1.82, 2.24) is 20.3 Å². The van der Waals surface area contributed by atoms with E-state index in [4.69, 9.17) is 8.94 Å². The lowest BCUT2D eigenvalue weighted by molar-refractivity contribution is -0.117. The minimum Gasteiger partial charge on any atom is -0.463 e. The number of hydrogen-bond acceptors (Lipinski definition) is 6. The standard InChI is InChI=1S/C20H16FN5O3/c1-11-4-5-13(21)16(7-11)26-10-12(8-18(26)27)19-22-20(29-25-19)15-9-14(23-24-15)17-3-2-6-28-17/h2-7,9,12H,8,10H2,1H3,(H,23,24). The average Bonchev–Trinajstić information content (AvgIpc) is 3.49. The van der Waals surface area contributed by atoms with E-state index in [0.29, 0.717) is 29.5 Å². The Morgan fingerprint density at radius 1 is 1.28 bits per heavy atom. The summed E-state index contributed by atoms with van der Waals surface area (Å²) in [5, 5.41) is 11.0. The molecule has 9 heteroatoms. The lowest BCUT2D eigenvalue weighted by Gasteiger charge is -2.17. The number of nitrogens with zero attached hydrogens (tertiary/aromatic N) is 4. The predicted molar refractivity (Wildman–Crippen MR) is 100 cm³/mol. The number of furan rings is 1. The number of carbonyl (C=O) groups is 1. The van der Waals surface area contributed by atoms with Crippen LogP contribution in [0.25, 0.3) is 23.0 Å². The minimum absolute atomic E-state index is 0.174. The van der Waals surface area contributed by atoms with Gasteiger partial charge in [0.2, 0.25) is 5.91 Å². The number of anilines is 1. The molecular formula is C20H16FN5O3. The molecule has 1 atom stereocenters. The molecule has 1 N–H and O–H groups in total. The molecule has 146 valence electrons. The summed E-state index contributed by atoms with van der Waals surface area (Å²) in [6.07, 6.45) is 1.75. The Morgan fingerprint density at radius 2 is 2.17 bits per heavy atom. The topological polar surface area (TPSA) is 101 Å². The zero-order valence-corrected chi connectivity index (χ0v) is 15.4. The largest absolute Gasteiger partial charge is 0.463 e. The fourth-order valence-corrected chi connectivity index (χ4v) is 3.43. The zero-order chi connectivity index (χ0) is 20.0. The van der Waals surface area contributed by atoms with Gasteiger partial charge in [0.05, 0.1) is 12.0 Å². The Hall–Kier alpha value is -3.75. The molecule has 0 aliphatic carbocycles. The zero-order valence-electron chi connectivity index (χ0n) is 15.4. The molecule has 1 saturated heterocycles. The van der Waals surface area contributed by atoms with Crippen molar-refractivity contribution in [2.45, 2.75) is 19.3 Å². The molecule has 29 heavy (non-hydrogen) atoms. The molecular weight excluding hydrogens is 377 g/mol. The molecule has 4 heterocycles. The summed E-state index contributed by atoms with van der Waals surface area (Å²) in [5.74, 6) is 0.390. The Labute approximate surface area is 164 Å². The van der Waals surface area contributed by atoms with E-state index in [1.54, 1.807) is 36.6 Å². The first-order valence-electron chi connectivity index (χ1n) is 9.08. The van der Waals surface area contributed by atoms with Gasteiger partial charge in [0, 0.05) is 24.9 Å². The molecule has 0 bridgehead atoms. The van der Waals surface area contributed by atoms with E-state index in [1.165, 1.54) is 11.0 Å². The summed E-state index contributed by atoms with van der Waals surface area (Å²) < 4.78 is 24.9. The normalized spacial score (nSPS) is 16.7. The molecule has 1 aliphatic rings. The van der Waals surface area contributed by atoms with Crippen LogP contribution in [0.3, 0.4) is 0 Å². The molecule has 3 aromatic heterocycles. The van der Waals surface area contributed by atoms with Crippen LogP contribution >= 0.6 is 0 Å². The van der Waals surface area contributed by atoms with E-state index in [-0.39, 0.29) is 29.8 Å². The maximum Gasteiger partial charge on any atom is 0.275 e. The van der Waals surface area contributed by atoms with Gasteiger partial charge in [0.1, 0.15) is 17.2 Å². The van der Waals surface area contributed by atoms with Crippen LogP contribution in [0.1, 0.15) is 23.7 Å². The lowest BCUT2D eigenvalue weighted by atomic mass is 10.1. The summed E-state index contributed by atoms with van der Waals surface area (Å²) in [5.41, 5.74) is 2.31. The van der Waals surface area contributed by atoms with Crippen LogP contribution in [0.2, 0.25) is 0 Å².